The van der Waals surface area contributed by atoms with Gasteiger partial charge in [0, 0.05) is 39.1 Å². The summed E-state index contributed by atoms with van der Waals surface area (Å²) in [5, 5.41) is 11.8. The van der Waals surface area contributed by atoms with Crippen LogP contribution >= 0.6 is 0 Å². The summed E-state index contributed by atoms with van der Waals surface area (Å²) >= 11 is 0. The summed E-state index contributed by atoms with van der Waals surface area (Å²) in [6.07, 6.45) is 6.70. The van der Waals surface area contributed by atoms with Crippen LogP contribution < -0.4 is 5.32 Å². The second kappa shape index (κ2) is 9.57. The van der Waals surface area contributed by atoms with E-state index in [1.54, 1.807) is 6.26 Å². The molecule has 30 heavy (non-hydrogen) atoms. The van der Waals surface area contributed by atoms with Crippen LogP contribution in [0.2, 0.25) is 0 Å². The summed E-state index contributed by atoms with van der Waals surface area (Å²) in [6.45, 7) is 8.12. The van der Waals surface area contributed by atoms with Gasteiger partial charge in [0.25, 0.3) is 0 Å². The maximum absolute atomic E-state index is 12.6. The first-order valence-corrected chi connectivity index (χ1v) is 10.9. The minimum atomic E-state index is 0.0784. The Morgan fingerprint density at radius 3 is 3.00 bits per heavy atom. The van der Waals surface area contributed by atoms with Gasteiger partial charge in [-0.15, -0.1) is 10.2 Å². The smallest absolute Gasteiger partial charge is 0.224 e. The second-order valence-corrected chi connectivity index (χ2v) is 8.54. The normalized spacial score (nSPS) is 21.3. The zero-order valence-corrected chi connectivity index (χ0v) is 18.0. The zero-order chi connectivity index (χ0) is 20.9. The number of fused-ring (bicyclic) bond motifs is 1. The Morgan fingerprint density at radius 1 is 1.30 bits per heavy atom. The average Bonchev–Trinajstić information content (AvgIpc) is 3.33. The third-order valence-corrected chi connectivity index (χ3v) is 6.02. The van der Waals surface area contributed by atoms with E-state index >= 15 is 0 Å². The molecule has 2 aromatic rings. The number of aromatic nitrogens is 3. The number of hydrogen-bond donors (Lipinski definition) is 1. The van der Waals surface area contributed by atoms with E-state index in [4.69, 9.17) is 4.42 Å². The summed E-state index contributed by atoms with van der Waals surface area (Å²) in [6, 6.07) is 3.88. The summed E-state index contributed by atoms with van der Waals surface area (Å²) in [7, 11) is 2.08. The van der Waals surface area contributed by atoms with E-state index in [-0.39, 0.29) is 11.8 Å². The SMILES string of the molecule is CC(=Cc1ccco1)CN1CCc2nnc(CNC(=O)C3CCCN(C)C3)n2CC1. The zero-order valence-electron chi connectivity index (χ0n) is 18.0. The molecular formula is C22H32N6O2. The van der Waals surface area contributed by atoms with Gasteiger partial charge in [0.1, 0.15) is 11.6 Å². The van der Waals surface area contributed by atoms with Crippen LogP contribution in [0.1, 0.15) is 37.2 Å². The number of amides is 1. The highest BCUT2D eigenvalue weighted by atomic mass is 16.3. The third-order valence-electron chi connectivity index (χ3n) is 6.02. The fourth-order valence-electron chi connectivity index (χ4n) is 4.42. The first-order chi connectivity index (χ1) is 14.6. The molecule has 4 heterocycles. The molecule has 0 bridgehead atoms. The van der Waals surface area contributed by atoms with E-state index in [1.165, 1.54) is 5.57 Å². The molecule has 0 aromatic carbocycles. The van der Waals surface area contributed by atoms with Crippen molar-refractivity contribution >= 4 is 12.0 Å². The number of piperidine rings is 1. The van der Waals surface area contributed by atoms with Crippen molar-refractivity contribution in [1.82, 2.24) is 29.9 Å². The van der Waals surface area contributed by atoms with E-state index in [9.17, 15) is 4.79 Å². The quantitative estimate of drug-likeness (QED) is 0.779. The van der Waals surface area contributed by atoms with Gasteiger partial charge in [-0.25, -0.2) is 0 Å². The van der Waals surface area contributed by atoms with Crippen LogP contribution in [0.4, 0.5) is 0 Å². The molecule has 0 saturated carbocycles. The fourth-order valence-corrected chi connectivity index (χ4v) is 4.42. The molecule has 1 N–H and O–H groups in total. The molecule has 162 valence electrons. The van der Waals surface area contributed by atoms with Gasteiger partial charge in [-0.2, -0.15) is 0 Å². The number of rotatable bonds is 6. The summed E-state index contributed by atoms with van der Waals surface area (Å²) in [5.74, 6) is 2.96. The maximum atomic E-state index is 12.6. The standard InChI is InChI=1S/C22H32N6O2/c1-17(13-19-6-4-12-30-19)15-27-9-7-20-24-25-21(28(20)11-10-27)14-23-22(29)18-5-3-8-26(2)16-18/h4,6,12-13,18H,3,5,7-11,14-16H2,1-2H3,(H,23,29). The van der Waals surface area contributed by atoms with E-state index in [1.807, 2.05) is 12.1 Å². The van der Waals surface area contributed by atoms with Gasteiger partial charge in [-0.3, -0.25) is 9.69 Å². The molecule has 0 aliphatic carbocycles. The molecule has 2 aliphatic heterocycles. The number of nitrogens with one attached hydrogen (secondary N) is 1. The molecule has 1 saturated heterocycles. The van der Waals surface area contributed by atoms with Crippen molar-refractivity contribution in [3.05, 3.63) is 41.4 Å². The van der Waals surface area contributed by atoms with Crippen molar-refractivity contribution in [2.45, 2.75) is 39.3 Å². The lowest BCUT2D eigenvalue weighted by Gasteiger charge is -2.28. The average molecular weight is 413 g/mol. The molecular weight excluding hydrogens is 380 g/mol. The molecule has 0 radical (unpaired) electrons. The van der Waals surface area contributed by atoms with Crippen LogP contribution in [0.25, 0.3) is 6.08 Å². The molecule has 1 fully saturated rings. The number of furan rings is 1. The van der Waals surface area contributed by atoms with E-state index in [0.29, 0.717) is 6.54 Å². The Balaban J connectivity index is 1.31. The van der Waals surface area contributed by atoms with Gasteiger partial charge in [0.05, 0.1) is 18.7 Å². The molecule has 2 aromatic heterocycles. The monoisotopic (exact) mass is 412 g/mol. The minimum Gasteiger partial charge on any atom is -0.465 e. The molecule has 1 unspecified atom stereocenters. The van der Waals surface area contributed by atoms with Crippen molar-refractivity contribution in [2.75, 3.05) is 39.8 Å². The fraction of sp³-hybridized carbons (Fsp3) is 0.591. The van der Waals surface area contributed by atoms with Crippen molar-refractivity contribution in [3.63, 3.8) is 0 Å². The van der Waals surface area contributed by atoms with Gasteiger partial charge < -0.3 is 19.2 Å². The third kappa shape index (κ3) is 5.17. The highest BCUT2D eigenvalue weighted by Gasteiger charge is 2.25. The lowest BCUT2D eigenvalue weighted by atomic mass is 9.98. The lowest BCUT2D eigenvalue weighted by Crippen LogP contribution is -2.41. The Kier molecular flexibility index (Phi) is 6.64. The van der Waals surface area contributed by atoms with Gasteiger partial charge >= 0.3 is 0 Å². The second-order valence-electron chi connectivity index (χ2n) is 8.54. The molecule has 0 spiro atoms. The topological polar surface area (TPSA) is 79.4 Å². The molecule has 4 rings (SSSR count). The Morgan fingerprint density at radius 2 is 2.20 bits per heavy atom. The first-order valence-electron chi connectivity index (χ1n) is 10.9. The van der Waals surface area contributed by atoms with Crippen LogP contribution in [0.5, 0.6) is 0 Å². The van der Waals surface area contributed by atoms with Crippen LogP contribution in [-0.4, -0.2) is 70.2 Å². The number of likely N-dealkylation sites (tertiary alicyclic amines) is 1. The number of hydrogen-bond acceptors (Lipinski definition) is 6. The van der Waals surface area contributed by atoms with Gasteiger partial charge in [0.2, 0.25) is 5.91 Å². The Bertz CT molecular complexity index is 872. The predicted octanol–water partition coefficient (Wildman–Crippen LogP) is 1.79. The first kappa shape index (κ1) is 20.8. The predicted molar refractivity (Wildman–Crippen MR) is 115 cm³/mol. The van der Waals surface area contributed by atoms with Crippen LogP contribution in [0.3, 0.4) is 0 Å². The van der Waals surface area contributed by atoms with E-state index in [2.05, 4.69) is 49.9 Å². The summed E-state index contributed by atoms with van der Waals surface area (Å²) in [5.41, 5.74) is 1.27. The molecule has 8 nitrogen and oxygen atoms in total. The van der Waals surface area contributed by atoms with Crippen LogP contribution in [0.15, 0.2) is 28.4 Å². The van der Waals surface area contributed by atoms with E-state index < -0.39 is 0 Å². The maximum Gasteiger partial charge on any atom is 0.224 e. The molecule has 8 heteroatoms. The van der Waals surface area contributed by atoms with Gasteiger partial charge in [0.15, 0.2) is 5.82 Å². The molecule has 1 atom stereocenters. The Hall–Kier alpha value is -2.45. The minimum absolute atomic E-state index is 0.0784. The highest BCUT2D eigenvalue weighted by molar-refractivity contribution is 5.78. The van der Waals surface area contributed by atoms with E-state index in [0.717, 1.165) is 75.9 Å². The largest absolute Gasteiger partial charge is 0.465 e. The van der Waals surface area contributed by atoms with Crippen molar-refractivity contribution in [3.8, 4) is 0 Å². The molecule has 2 aliphatic rings. The van der Waals surface area contributed by atoms with Crippen molar-refractivity contribution in [1.29, 1.82) is 0 Å². The number of carbonyl (C=O) groups excluding carboxylic acids is 1. The number of nitrogens with zero attached hydrogens (tertiary/aromatic N) is 5. The van der Waals surface area contributed by atoms with Crippen molar-refractivity contribution < 1.29 is 9.21 Å². The highest BCUT2D eigenvalue weighted by Crippen LogP contribution is 2.16. The summed E-state index contributed by atoms with van der Waals surface area (Å²) in [4.78, 5) is 17.2. The van der Waals surface area contributed by atoms with Crippen LogP contribution in [0, 0.1) is 5.92 Å². The lowest BCUT2D eigenvalue weighted by molar-refractivity contribution is -0.126. The van der Waals surface area contributed by atoms with Crippen molar-refractivity contribution in [2.24, 2.45) is 5.92 Å². The van der Waals surface area contributed by atoms with Crippen LogP contribution in [-0.2, 0) is 24.3 Å². The summed E-state index contributed by atoms with van der Waals surface area (Å²) < 4.78 is 7.59. The molecule has 1 amide bonds. The van der Waals surface area contributed by atoms with Gasteiger partial charge in [-0.1, -0.05) is 5.57 Å². The van der Waals surface area contributed by atoms with Gasteiger partial charge in [-0.05, 0) is 51.6 Å². The Labute approximate surface area is 177 Å². The number of carbonyl (C=O) groups is 1.